The van der Waals surface area contributed by atoms with Gasteiger partial charge in [0.25, 0.3) is 0 Å². The van der Waals surface area contributed by atoms with E-state index in [-0.39, 0.29) is 0 Å². The van der Waals surface area contributed by atoms with Gasteiger partial charge in [0.05, 0.1) is 27.7 Å². The number of thioether (sulfide) groups is 1. The van der Waals surface area contributed by atoms with Crippen LogP contribution < -0.4 is 4.74 Å². The second kappa shape index (κ2) is 9.35. The van der Waals surface area contributed by atoms with Crippen molar-refractivity contribution in [2.45, 2.75) is 17.7 Å². The molecule has 4 aromatic rings. The largest absolute Gasteiger partial charge is 0.497 e. The average Bonchev–Trinajstić information content (AvgIpc) is 3.16. The molecule has 0 aliphatic heterocycles. The molecule has 2 aromatic carbocycles. The van der Waals surface area contributed by atoms with Crippen LogP contribution in [-0.2, 0) is 5.75 Å². The Morgan fingerprint density at radius 3 is 2.60 bits per heavy atom. The topological polar surface area (TPSA) is 47.9 Å². The lowest BCUT2D eigenvalue weighted by atomic mass is 10.2. The van der Waals surface area contributed by atoms with E-state index in [0.29, 0.717) is 10.0 Å². The molecule has 2 aromatic heterocycles. The maximum absolute atomic E-state index is 6.08. The fourth-order valence-corrected chi connectivity index (χ4v) is 4.92. The monoisotopic (exact) mass is 473 g/mol. The lowest BCUT2D eigenvalue weighted by molar-refractivity contribution is 0.415. The van der Waals surface area contributed by atoms with Gasteiger partial charge in [-0.1, -0.05) is 53.2 Å². The first-order chi connectivity index (χ1) is 14.5. The summed E-state index contributed by atoms with van der Waals surface area (Å²) in [7, 11) is 1.66. The summed E-state index contributed by atoms with van der Waals surface area (Å²) < 4.78 is 5.32. The highest BCUT2D eigenvalue weighted by atomic mass is 35.5. The minimum Gasteiger partial charge on any atom is -0.497 e. The maximum Gasteiger partial charge on any atom is 0.124 e. The zero-order chi connectivity index (χ0) is 21.1. The molecule has 4 rings (SSSR count). The number of methoxy groups -OCH3 is 1. The van der Waals surface area contributed by atoms with Gasteiger partial charge in [-0.2, -0.15) is 0 Å². The number of hydrogen-bond donors (Lipinski definition) is 0. The Morgan fingerprint density at radius 1 is 1.00 bits per heavy atom. The maximum atomic E-state index is 6.08. The molecule has 30 heavy (non-hydrogen) atoms. The number of halogens is 2. The molecule has 2 heterocycles. The van der Waals surface area contributed by atoms with Crippen molar-refractivity contribution in [3.8, 4) is 26.9 Å². The molecule has 0 N–H and O–H groups in total. The molecule has 0 radical (unpaired) electrons. The van der Waals surface area contributed by atoms with Gasteiger partial charge < -0.3 is 4.74 Å². The molecule has 0 bridgehead atoms. The molecule has 0 spiro atoms. The standard InChI is InChI=1S/C22H17Cl2N3OS2/c1-13-21(30-22(25-13)15-4-3-5-16(11-15)28-2)19-8-9-20(27-26-19)29-12-14-6-7-17(23)18(24)10-14/h3-11H,12H2,1-2H3. The highest BCUT2D eigenvalue weighted by molar-refractivity contribution is 7.98. The van der Waals surface area contributed by atoms with Gasteiger partial charge in [-0.05, 0) is 48.9 Å². The van der Waals surface area contributed by atoms with Crippen molar-refractivity contribution in [1.82, 2.24) is 15.2 Å². The summed E-state index contributed by atoms with van der Waals surface area (Å²) in [5.41, 5.74) is 3.86. The number of hydrogen-bond acceptors (Lipinski definition) is 6. The van der Waals surface area contributed by atoms with Crippen molar-refractivity contribution in [1.29, 1.82) is 0 Å². The van der Waals surface area contributed by atoms with E-state index in [1.165, 1.54) is 0 Å². The van der Waals surface area contributed by atoms with E-state index in [0.717, 1.165) is 48.9 Å². The van der Waals surface area contributed by atoms with Crippen LogP contribution in [0.4, 0.5) is 0 Å². The number of benzene rings is 2. The highest BCUT2D eigenvalue weighted by Crippen LogP contribution is 2.35. The summed E-state index contributed by atoms with van der Waals surface area (Å²) in [5, 5.41) is 11.7. The third-order valence-corrected chi connectivity index (χ3v) is 7.32. The smallest absolute Gasteiger partial charge is 0.124 e. The molecule has 152 valence electrons. The van der Waals surface area contributed by atoms with Crippen molar-refractivity contribution in [2.24, 2.45) is 0 Å². The van der Waals surface area contributed by atoms with E-state index >= 15 is 0 Å². The Balaban J connectivity index is 1.50. The van der Waals surface area contributed by atoms with Crippen LogP contribution in [0, 0.1) is 6.92 Å². The Morgan fingerprint density at radius 2 is 1.87 bits per heavy atom. The second-order valence-electron chi connectivity index (χ2n) is 6.46. The van der Waals surface area contributed by atoms with Crippen molar-refractivity contribution in [3.63, 3.8) is 0 Å². The van der Waals surface area contributed by atoms with E-state index in [1.54, 1.807) is 36.3 Å². The molecule has 0 fully saturated rings. The van der Waals surface area contributed by atoms with Crippen LogP contribution in [0.5, 0.6) is 5.75 Å². The zero-order valence-corrected chi connectivity index (χ0v) is 19.4. The summed E-state index contributed by atoms with van der Waals surface area (Å²) >= 11 is 15.3. The molecule has 0 amide bonds. The van der Waals surface area contributed by atoms with Crippen molar-refractivity contribution in [2.75, 3.05) is 7.11 Å². The van der Waals surface area contributed by atoms with Crippen LogP contribution in [0.3, 0.4) is 0 Å². The summed E-state index contributed by atoms with van der Waals surface area (Å²) in [5.74, 6) is 1.55. The van der Waals surface area contributed by atoms with E-state index in [4.69, 9.17) is 32.9 Å². The van der Waals surface area contributed by atoms with Gasteiger partial charge in [-0.25, -0.2) is 4.98 Å². The molecule has 0 saturated heterocycles. The normalized spacial score (nSPS) is 10.9. The number of thiazole rings is 1. The van der Waals surface area contributed by atoms with Crippen LogP contribution in [0.15, 0.2) is 59.6 Å². The third kappa shape index (κ3) is 4.78. The van der Waals surface area contributed by atoms with E-state index in [9.17, 15) is 0 Å². The lowest BCUT2D eigenvalue weighted by Crippen LogP contribution is -1.90. The van der Waals surface area contributed by atoms with Crippen LogP contribution in [0.2, 0.25) is 10.0 Å². The van der Waals surface area contributed by atoms with Crippen LogP contribution in [0.1, 0.15) is 11.3 Å². The molecule has 4 nitrogen and oxygen atoms in total. The van der Waals surface area contributed by atoms with Gasteiger partial charge in [0.2, 0.25) is 0 Å². The van der Waals surface area contributed by atoms with Crippen molar-refractivity contribution < 1.29 is 4.74 Å². The van der Waals surface area contributed by atoms with Crippen molar-refractivity contribution >= 4 is 46.3 Å². The quantitative estimate of drug-likeness (QED) is 0.277. The summed E-state index contributed by atoms with van der Waals surface area (Å²) in [4.78, 5) is 5.73. The van der Waals surface area contributed by atoms with Gasteiger partial charge in [0.15, 0.2) is 0 Å². The first-order valence-corrected chi connectivity index (χ1v) is 11.6. The first-order valence-electron chi connectivity index (χ1n) is 9.06. The van der Waals surface area contributed by atoms with Crippen molar-refractivity contribution in [3.05, 3.63) is 75.9 Å². The SMILES string of the molecule is COc1cccc(-c2nc(C)c(-c3ccc(SCc4ccc(Cl)c(Cl)c4)nn3)s2)c1. The Kier molecular flexibility index (Phi) is 6.58. The average molecular weight is 474 g/mol. The number of rotatable bonds is 6. The molecule has 0 atom stereocenters. The minimum atomic E-state index is 0.558. The van der Waals surface area contributed by atoms with Gasteiger partial charge >= 0.3 is 0 Å². The summed E-state index contributed by atoms with van der Waals surface area (Å²) in [6.07, 6.45) is 0. The zero-order valence-electron chi connectivity index (χ0n) is 16.2. The predicted octanol–water partition coefficient (Wildman–Crippen LogP) is 7.18. The molecule has 0 unspecified atom stereocenters. The predicted molar refractivity (Wildman–Crippen MR) is 126 cm³/mol. The fourth-order valence-electron chi connectivity index (χ4n) is 2.82. The number of aromatic nitrogens is 3. The molecule has 0 saturated carbocycles. The number of aryl methyl sites for hydroxylation is 1. The molecular formula is C22H17Cl2N3OS2. The van der Waals surface area contributed by atoms with Gasteiger partial charge in [-0.3, -0.25) is 0 Å². The minimum absolute atomic E-state index is 0.558. The van der Waals surface area contributed by atoms with E-state index in [2.05, 4.69) is 10.2 Å². The van der Waals surface area contributed by atoms with Gasteiger partial charge in [-0.15, -0.1) is 21.5 Å². The Hall–Kier alpha value is -2.12. The van der Waals surface area contributed by atoms with Gasteiger partial charge in [0, 0.05) is 11.3 Å². The van der Waals surface area contributed by atoms with Gasteiger partial charge in [0.1, 0.15) is 21.5 Å². The van der Waals surface area contributed by atoms with E-state index < -0.39 is 0 Å². The van der Waals surface area contributed by atoms with Crippen LogP contribution in [0.25, 0.3) is 21.1 Å². The lowest BCUT2D eigenvalue weighted by Gasteiger charge is -2.03. The molecule has 8 heteroatoms. The molecule has 0 aliphatic rings. The number of ether oxygens (including phenoxy) is 1. The first kappa shape index (κ1) is 21.1. The second-order valence-corrected chi connectivity index (χ2v) is 9.27. The molecule has 0 aliphatic carbocycles. The third-order valence-electron chi connectivity index (χ3n) is 4.36. The molecular weight excluding hydrogens is 457 g/mol. The fraction of sp³-hybridized carbons (Fsp3) is 0.136. The highest BCUT2D eigenvalue weighted by Gasteiger charge is 2.14. The summed E-state index contributed by atoms with van der Waals surface area (Å²) in [6.45, 7) is 1.99. The Labute approximate surface area is 193 Å². The number of nitrogens with zero attached hydrogens (tertiary/aromatic N) is 3. The van der Waals surface area contributed by atoms with Crippen LogP contribution in [-0.4, -0.2) is 22.3 Å². The van der Waals surface area contributed by atoms with Crippen LogP contribution >= 0.6 is 46.3 Å². The van der Waals surface area contributed by atoms with E-state index in [1.807, 2.05) is 55.5 Å². The summed E-state index contributed by atoms with van der Waals surface area (Å²) in [6, 6.07) is 17.5. The Bertz CT molecular complexity index is 1180.